The second kappa shape index (κ2) is 8.98. The maximum atomic E-state index is 12.3. The van der Waals surface area contributed by atoms with Gasteiger partial charge in [-0.1, -0.05) is 12.1 Å². The van der Waals surface area contributed by atoms with E-state index in [4.69, 9.17) is 4.74 Å². The lowest BCUT2D eigenvalue weighted by Crippen LogP contribution is -2.22. The molecule has 2 rings (SSSR count). The molecule has 0 aliphatic heterocycles. The first-order valence-electron chi connectivity index (χ1n) is 8.03. The molecule has 0 fully saturated rings. The number of amides is 2. The Morgan fingerprint density at radius 1 is 1.11 bits per heavy atom. The number of alkyl halides is 2. The van der Waals surface area contributed by atoms with Crippen molar-refractivity contribution in [3.05, 3.63) is 53.6 Å². The van der Waals surface area contributed by atoms with E-state index in [1.807, 2.05) is 0 Å². The minimum atomic E-state index is -2.90. The number of nitrogens with one attached hydrogen (secondary N) is 1. The highest BCUT2D eigenvalue weighted by Gasteiger charge is 2.14. The van der Waals surface area contributed by atoms with Crippen molar-refractivity contribution in [3.63, 3.8) is 0 Å². The zero-order valence-electron chi connectivity index (χ0n) is 15.2. The summed E-state index contributed by atoms with van der Waals surface area (Å²) in [4.78, 5) is 25.8. The van der Waals surface area contributed by atoms with Gasteiger partial charge in [-0.3, -0.25) is 9.59 Å². The molecule has 0 saturated carbocycles. The number of methoxy groups -OCH3 is 1. The van der Waals surface area contributed by atoms with Gasteiger partial charge in [-0.15, -0.1) is 0 Å². The molecule has 0 aliphatic rings. The summed E-state index contributed by atoms with van der Waals surface area (Å²) in [5, 5.41) is 2.71. The van der Waals surface area contributed by atoms with E-state index in [1.54, 1.807) is 32.3 Å². The standard InChI is InChI=1S/C19H20F2N2O4/c1-23(2)18(25)13-6-9-16(26-3)15(11-13)22-17(24)10-12-4-7-14(8-5-12)27-19(20)21/h4-9,11,19H,10H2,1-3H3,(H,22,24). The molecule has 2 aromatic rings. The van der Waals surface area contributed by atoms with E-state index in [-0.39, 0.29) is 24.0 Å². The fourth-order valence-corrected chi connectivity index (χ4v) is 2.37. The third kappa shape index (κ3) is 5.67. The molecule has 0 spiro atoms. The third-order valence-electron chi connectivity index (χ3n) is 3.64. The largest absolute Gasteiger partial charge is 0.495 e. The third-order valence-corrected chi connectivity index (χ3v) is 3.64. The van der Waals surface area contributed by atoms with E-state index < -0.39 is 6.61 Å². The fourth-order valence-electron chi connectivity index (χ4n) is 2.37. The van der Waals surface area contributed by atoms with Crippen LogP contribution in [0.4, 0.5) is 14.5 Å². The van der Waals surface area contributed by atoms with Crippen molar-refractivity contribution in [3.8, 4) is 11.5 Å². The first kappa shape index (κ1) is 20.2. The first-order chi connectivity index (χ1) is 12.8. The van der Waals surface area contributed by atoms with Gasteiger partial charge in [0, 0.05) is 19.7 Å². The zero-order chi connectivity index (χ0) is 20.0. The molecule has 6 nitrogen and oxygen atoms in total. The van der Waals surface area contributed by atoms with E-state index in [0.29, 0.717) is 22.6 Å². The molecule has 2 aromatic carbocycles. The average molecular weight is 378 g/mol. The van der Waals surface area contributed by atoms with Crippen LogP contribution in [0.5, 0.6) is 11.5 Å². The zero-order valence-corrected chi connectivity index (χ0v) is 15.2. The van der Waals surface area contributed by atoms with Crippen LogP contribution >= 0.6 is 0 Å². The Labute approximate surface area is 155 Å². The number of carbonyl (C=O) groups is 2. The smallest absolute Gasteiger partial charge is 0.387 e. The van der Waals surface area contributed by atoms with Crippen molar-refractivity contribution in [1.29, 1.82) is 0 Å². The summed E-state index contributed by atoms with van der Waals surface area (Å²) in [6, 6.07) is 10.5. The molecule has 0 aliphatic carbocycles. The second-order valence-corrected chi connectivity index (χ2v) is 5.86. The van der Waals surface area contributed by atoms with Gasteiger partial charge in [-0.2, -0.15) is 8.78 Å². The summed E-state index contributed by atoms with van der Waals surface area (Å²) >= 11 is 0. The van der Waals surface area contributed by atoms with Crippen LogP contribution in [0.25, 0.3) is 0 Å². The molecule has 0 unspecified atom stereocenters. The van der Waals surface area contributed by atoms with Crippen LogP contribution in [0, 0.1) is 0 Å². The number of hydrogen-bond acceptors (Lipinski definition) is 4. The highest BCUT2D eigenvalue weighted by atomic mass is 19.3. The van der Waals surface area contributed by atoms with Gasteiger partial charge in [0.2, 0.25) is 5.91 Å². The molecule has 27 heavy (non-hydrogen) atoms. The lowest BCUT2D eigenvalue weighted by atomic mass is 10.1. The molecule has 0 heterocycles. The van der Waals surface area contributed by atoms with Crippen molar-refractivity contribution in [1.82, 2.24) is 4.90 Å². The van der Waals surface area contributed by atoms with E-state index in [1.165, 1.54) is 36.3 Å². The lowest BCUT2D eigenvalue weighted by Gasteiger charge is -2.14. The minimum absolute atomic E-state index is 0.0178. The number of anilines is 1. The number of rotatable bonds is 7. The van der Waals surface area contributed by atoms with Crippen molar-refractivity contribution in [2.45, 2.75) is 13.0 Å². The van der Waals surface area contributed by atoms with Crippen molar-refractivity contribution >= 4 is 17.5 Å². The normalized spacial score (nSPS) is 10.4. The molecule has 0 atom stereocenters. The number of carbonyl (C=O) groups excluding carboxylic acids is 2. The van der Waals surface area contributed by atoms with Crippen LogP contribution in [0.1, 0.15) is 15.9 Å². The number of benzene rings is 2. The maximum Gasteiger partial charge on any atom is 0.387 e. The Balaban J connectivity index is 2.10. The SMILES string of the molecule is COc1ccc(C(=O)N(C)C)cc1NC(=O)Cc1ccc(OC(F)F)cc1. The highest BCUT2D eigenvalue weighted by Crippen LogP contribution is 2.26. The minimum Gasteiger partial charge on any atom is -0.495 e. The monoisotopic (exact) mass is 378 g/mol. The van der Waals surface area contributed by atoms with Crippen molar-refractivity contribution < 1.29 is 27.8 Å². The predicted octanol–water partition coefficient (Wildman–Crippen LogP) is 3.18. The van der Waals surface area contributed by atoms with Crippen LogP contribution in [0.3, 0.4) is 0 Å². The highest BCUT2D eigenvalue weighted by molar-refractivity contribution is 5.98. The molecular weight excluding hydrogens is 358 g/mol. The summed E-state index contributed by atoms with van der Waals surface area (Å²) in [6.45, 7) is -2.90. The van der Waals surface area contributed by atoms with Gasteiger partial charge in [0.25, 0.3) is 5.91 Å². The summed E-state index contributed by atoms with van der Waals surface area (Å²) in [6.07, 6.45) is 0.0178. The van der Waals surface area contributed by atoms with Gasteiger partial charge in [0.05, 0.1) is 19.2 Å². The Hall–Kier alpha value is -3.16. The average Bonchev–Trinajstić information content (AvgIpc) is 2.62. The Bertz CT molecular complexity index is 808. The predicted molar refractivity (Wildman–Crippen MR) is 96.4 cm³/mol. The first-order valence-corrected chi connectivity index (χ1v) is 8.03. The summed E-state index contributed by atoms with van der Waals surface area (Å²) in [5.74, 6) is -0.113. The molecule has 0 bridgehead atoms. The summed E-state index contributed by atoms with van der Waals surface area (Å²) < 4.78 is 33.8. The number of hydrogen-bond donors (Lipinski definition) is 1. The number of halogens is 2. The van der Waals surface area contributed by atoms with Crippen LogP contribution in [0.15, 0.2) is 42.5 Å². The maximum absolute atomic E-state index is 12.3. The van der Waals surface area contributed by atoms with Crippen LogP contribution in [0.2, 0.25) is 0 Å². The van der Waals surface area contributed by atoms with E-state index in [9.17, 15) is 18.4 Å². The number of ether oxygens (including phenoxy) is 2. The van der Waals surface area contributed by atoms with Gasteiger partial charge in [0.15, 0.2) is 0 Å². The lowest BCUT2D eigenvalue weighted by molar-refractivity contribution is -0.115. The van der Waals surface area contributed by atoms with Crippen LogP contribution in [-0.4, -0.2) is 44.5 Å². The summed E-state index contributed by atoms with van der Waals surface area (Å²) in [5.41, 5.74) is 1.39. The molecular formula is C19H20F2N2O4. The van der Waals surface area contributed by atoms with E-state index >= 15 is 0 Å². The topological polar surface area (TPSA) is 67.9 Å². The Kier molecular flexibility index (Phi) is 6.70. The molecule has 8 heteroatoms. The second-order valence-electron chi connectivity index (χ2n) is 5.86. The Morgan fingerprint density at radius 3 is 2.33 bits per heavy atom. The quantitative estimate of drug-likeness (QED) is 0.804. The molecule has 0 saturated heterocycles. The summed E-state index contributed by atoms with van der Waals surface area (Å²) in [7, 11) is 4.72. The van der Waals surface area contributed by atoms with Gasteiger partial charge < -0.3 is 19.7 Å². The molecule has 1 N–H and O–H groups in total. The van der Waals surface area contributed by atoms with Gasteiger partial charge in [0.1, 0.15) is 11.5 Å². The molecule has 0 radical (unpaired) electrons. The Morgan fingerprint density at radius 2 is 1.78 bits per heavy atom. The molecule has 2 amide bonds. The van der Waals surface area contributed by atoms with Crippen molar-refractivity contribution in [2.75, 3.05) is 26.5 Å². The van der Waals surface area contributed by atoms with Crippen LogP contribution < -0.4 is 14.8 Å². The molecule has 144 valence electrons. The van der Waals surface area contributed by atoms with E-state index in [0.717, 1.165) is 0 Å². The van der Waals surface area contributed by atoms with Gasteiger partial charge in [-0.05, 0) is 35.9 Å². The fraction of sp³-hybridized carbons (Fsp3) is 0.263. The number of nitrogens with zero attached hydrogens (tertiary/aromatic N) is 1. The van der Waals surface area contributed by atoms with Crippen molar-refractivity contribution in [2.24, 2.45) is 0 Å². The van der Waals surface area contributed by atoms with Gasteiger partial charge in [-0.25, -0.2) is 0 Å². The van der Waals surface area contributed by atoms with E-state index in [2.05, 4.69) is 10.1 Å². The molecule has 0 aromatic heterocycles. The van der Waals surface area contributed by atoms with Gasteiger partial charge >= 0.3 is 6.61 Å². The van der Waals surface area contributed by atoms with Crippen LogP contribution in [-0.2, 0) is 11.2 Å².